The summed E-state index contributed by atoms with van der Waals surface area (Å²) in [5.74, 6) is 0. The molecule has 0 atom stereocenters. The molecule has 0 amide bonds. The van der Waals surface area contributed by atoms with Crippen LogP contribution in [0.15, 0.2) is 44.9 Å². The molecule has 0 fully saturated rings. The molecule has 0 unspecified atom stereocenters. The van der Waals surface area contributed by atoms with Crippen LogP contribution in [0.5, 0.6) is 0 Å². The summed E-state index contributed by atoms with van der Waals surface area (Å²) in [4.78, 5) is 0. The van der Waals surface area contributed by atoms with Crippen LogP contribution in [0.25, 0.3) is 0 Å². The van der Waals surface area contributed by atoms with E-state index >= 15 is 0 Å². The van der Waals surface area contributed by atoms with Crippen LogP contribution in [-0.2, 0) is 6.42 Å². The van der Waals surface area contributed by atoms with E-state index < -0.39 is 0 Å². The lowest BCUT2D eigenvalue weighted by Gasteiger charge is -2.09. The fourth-order valence-electron chi connectivity index (χ4n) is 3.11. The van der Waals surface area contributed by atoms with E-state index in [0.29, 0.717) is 0 Å². The van der Waals surface area contributed by atoms with Crippen molar-refractivity contribution in [3.63, 3.8) is 0 Å². The van der Waals surface area contributed by atoms with Crippen molar-refractivity contribution in [1.29, 1.82) is 0 Å². The highest BCUT2D eigenvalue weighted by Gasteiger charge is 2.15. The normalized spacial score (nSPS) is 14.0. The van der Waals surface area contributed by atoms with Gasteiger partial charge in [-0.1, -0.05) is 89.0 Å². The molecule has 126 valence electrons. The Balaban J connectivity index is 1.58. The lowest BCUT2D eigenvalue weighted by Crippen LogP contribution is -1.97. The minimum Gasteiger partial charge on any atom is -0.133 e. The number of hydrogen-bond donors (Lipinski definition) is 0. The Kier molecular flexibility index (Phi) is 8.52. The Bertz CT molecular complexity index is 484. The smallest absolute Gasteiger partial charge is 0.133 e. The molecule has 1 heterocycles. The monoisotopic (exact) mass is 314 g/mol. The van der Waals surface area contributed by atoms with Crippen molar-refractivity contribution in [2.24, 2.45) is 20.7 Å². The van der Waals surface area contributed by atoms with Crippen molar-refractivity contribution in [2.45, 2.75) is 83.7 Å². The van der Waals surface area contributed by atoms with Crippen LogP contribution < -0.4 is 0 Å². The number of aryl methyl sites for hydroxylation is 1. The molecule has 0 aliphatic carbocycles. The molecule has 4 nitrogen and oxygen atoms in total. The largest absolute Gasteiger partial charge is 0.210 e. The molecule has 0 aromatic heterocycles. The highest BCUT2D eigenvalue weighted by Crippen LogP contribution is 2.28. The summed E-state index contributed by atoms with van der Waals surface area (Å²) in [7, 11) is 0. The van der Waals surface area contributed by atoms with Crippen LogP contribution in [-0.4, -0.2) is 0 Å². The zero-order valence-corrected chi connectivity index (χ0v) is 14.5. The molecule has 1 aromatic rings. The fraction of sp³-hybridized carbons (Fsp3) is 0.684. The molecule has 4 heteroatoms. The van der Waals surface area contributed by atoms with Gasteiger partial charge < -0.3 is 0 Å². The minimum absolute atomic E-state index is 0.214. The Hall–Kier alpha value is -1.58. The van der Waals surface area contributed by atoms with E-state index in [1.807, 2.05) is 6.07 Å². The second-order valence-corrected chi connectivity index (χ2v) is 6.41. The third-order valence-electron chi connectivity index (χ3n) is 4.49. The van der Waals surface area contributed by atoms with Crippen LogP contribution in [0.1, 0.15) is 88.4 Å². The molecule has 23 heavy (non-hydrogen) atoms. The molecule has 0 saturated heterocycles. The third kappa shape index (κ3) is 6.59. The molecule has 0 bridgehead atoms. The topological polar surface area (TPSA) is 49.4 Å². The maximum absolute atomic E-state index is 4.06. The zero-order chi connectivity index (χ0) is 16.2. The maximum atomic E-state index is 4.06. The van der Waals surface area contributed by atoms with Gasteiger partial charge in [-0.3, -0.25) is 0 Å². The average molecular weight is 314 g/mol. The number of unbranched alkanes of at least 4 members (excludes halogenated alkanes) is 9. The lowest BCUT2D eigenvalue weighted by molar-refractivity contribution is 0.555. The number of benzene rings is 1. The van der Waals surface area contributed by atoms with Crippen molar-refractivity contribution < 1.29 is 0 Å². The van der Waals surface area contributed by atoms with E-state index in [0.717, 1.165) is 12.0 Å². The Morgan fingerprint density at radius 1 is 0.739 bits per heavy atom. The van der Waals surface area contributed by atoms with Gasteiger partial charge in [0.2, 0.25) is 6.17 Å². The molecule has 1 aliphatic rings. The van der Waals surface area contributed by atoms with E-state index in [2.05, 4.69) is 45.8 Å². The average Bonchev–Trinajstić information content (AvgIpc) is 3.11. The first-order valence-electron chi connectivity index (χ1n) is 9.29. The van der Waals surface area contributed by atoms with E-state index in [9.17, 15) is 0 Å². The Morgan fingerprint density at radius 3 is 1.96 bits per heavy atom. The van der Waals surface area contributed by atoms with Gasteiger partial charge in [0.1, 0.15) is 0 Å². The second kappa shape index (κ2) is 11.0. The van der Waals surface area contributed by atoms with Crippen LogP contribution in [0.2, 0.25) is 0 Å². The number of nitrogens with zero attached hydrogens (tertiary/aromatic N) is 4. The second-order valence-electron chi connectivity index (χ2n) is 6.41. The molecule has 1 aliphatic heterocycles. The molecule has 2 rings (SSSR count). The molecule has 0 radical (unpaired) electrons. The predicted molar refractivity (Wildman–Crippen MR) is 94.4 cm³/mol. The highest BCUT2D eigenvalue weighted by molar-refractivity contribution is 5.30. The predicted octanol–water partition coefficient (Wildman–Crippen LogP) is 6.98. The van der Waals surface area contributed by atoms with E-state index in [4.69, 9.17) is 0 Å². The zero-order valence-electron chi connectivity index (χ0n) is 14.5. The Labute approximate surface area is 140 Å². The molecular formula is C19H30N4. The fourth-order valence-corrected chi connectivity index (χ4v) is 3.11. The quantitative estimate of drug-likeness (QED) is 0.374. The van der Waals surface area contributed by atoms with E-state index in [-0.39, 0.29) is 6.17 Å². The summed E-state index contributed by atoms with van der Waals surface area (Å²) in [5, 5.41) is 15.4. The van der Waals surface area contributed by atoms with Gasteiger partial charge in [0.05, 0.1) is 0 Å². The van der Waals surface area contributed by atoms with Crippen molar-refractivity contribution in [3.8, 4) is 0 Å². The lowest BCUT2D eigenvalue weighted by atomic mass is 9.99. The standard InChI is InChI=1S/C19H30N4/c1-2-3-4-5-6-7-8-9-10-11-14-17-15-12-13-16-18(17)19-20-22-23-21-19/h12-13,15-16,19H,2-11,14H2,1H3. The summed E-state index contributed by atoms with van der Waals surface area (Å²) in [6.45, 7) is 2.27. The van der Waals surface area contributed by atoms with E-state index in [1.54, 1.807) is 0 Å². The van der Waals surface area contributed by atoms with Crippen molar-refractivity contribution in [3.05, 3.63) is 35.4 Å². The van der Waals surface area contributed by atoms with Crippen molar-refractivity contribution in [2.75, 3.05) is 0 Å². The van der Waals surface area contributed by atoms with Crippen molar-refractivity contribution in [1.82, 2.24) is 0 Å². The van der Waals surface area contributed by atoms with Crippen LogP contribution in [0.4, 0.5) is 0 Å². The highest BCUT2D eigenvalue weighted by atomic mass is 15.6. The summed E-state index contributed by atoms with van der Waals surface area (Å²) >= 11 is 0. The van der Waals surface area contributed by atoms with Crippen LogP contribution >= 0.6 is 0 Å². The molecular weight excluding hydrogens is 284 g/mol. The number of rotatable bonds is 12. The molecule has 0 spiro atoms. The van der Waals surface area contributed by atoms with Gasteiger partial charge in [-0.2, -0.15) is 0 Å². The number of hydrogen-bond acceptors (Lipinski definition) is 4. The minimum atomic E-state index is -0.214. The third-order valence-corrected chi connectivity index (χ3v) is 4.49. The van der Waals surface area contributed by atoms with Crippen molar-refractivity contribution >= 4 is 0 Å². The summed E-state index contributed by atoms with van der Waals surface area (Å²) in [6.07, 6.45) is 14.6. The van der Waals surface area contributed by atoms with Gasteiger partial charge in [-0.05, 0) is 28.9 Å². The summed E-state index contributed by atoms with van der Waals surface area (Å²) < 4.78 is 0. The first-order valence-corrected chi connectivity index (χ1v) is 9.29. The van der Waals surface area contributed by atoms with Gasteiger partial charge in [-0.15, -0.1) is 10.2 Å². The van der Waals surface area contributed by atoms with Crippen LogP contribution in [0, 0.1) is 0 Å². The molecule has 0 saturated carbocycles. The van der Waals surface area contributed by atoms with Gasteiger partial charge in [0, 0.05) is 5.56 Å². The van der Waals surface area contributed by atoms with Gasteiger partial charge >= 0.3 is 0 Å². The van der Waals surface area contributed by atoms with Gasteiger partial charge in [0.25, 0.3) is 0 Å². The summed E-state index contributed by atoms with van der Waals surface area (Å²) in [6, 6.07) is 8.42. The summed E-state index contributed by atoms with van der Waals surface area (Å²) in [5.41, 5.74) is 2.50. The first kappa shape index (κ1) is 17.8. The van der Waals surface area contributed by atoms with Gasteiger partial charge in [-0.25, -0.2) is 0 Å². The van der Waals surface area contributed by atoms with Gasteiger partial charge in [0.15, 0.2) is 0 Å². The first-order chi connectivity index (χ1) is 11.4. The van der Waals surface area contributed by atoms with E-state index in [1.165, 1.54) is 69.8 Å². The Morgan fingerprint density at radius 2 is 1.30 bits per heavy atom. The molecule has 1 aromatic carbocycles. The molecule has 0 N–H and O–H groups in total. The SMILES string of the molecule is CCCCCCCCCCCCc1ccccc1C1N=NN=N1. The van der Waals surface area contributed by atoms with Crippen LogP contribution in [0.3, 0.4) is 0 Å². The maximum Gasteiger partial charge on any atom is 0.210 e.